The van der Waals surface area contributed by atoms with Gasteiger partial charge in [-0.1, -0.05) is 29.8 Å². The van der Waals surface area contributed by atoms with Crippen LogP contribution in [0.3, 0.4) is 0 Å². The molecule has 122 valence electrons. The van der Waals surface area contributed by atoms with Crippen LogP contribution in [0.25, 0.3) is 0 Å². The summed E-state index contributed by atoms with van der Waals surface area (Å²) in [7, 11) is 4.09. The standard InChI is InChI=1S/C18H28N2O2/c1-14-7-9-15(10-8-14)17(20(2)3)13-19-18(21)12-16-6-4-5-11-22-16/h7-10,16-17H,4-6,11-13H2,1-3H3,(H,19,21). The predicted molar refractivity (Wildman–Crippen MR) is 88.8 cm³/mol. The van der Waals surface area contributed by atoms with Gasteiger partial charge in [0.1, 0.15) is 0 Å². The number of hydrogen-bond donors (Lipinski definition) is 1. The number of carbonyl (C=O) groups excluding carboxylic acids is 1. The summed E-state index contributed by atoms with van der Waals surface area (Å²) >= 11 is 0. The molecule has 1 aliphatic rings. The molecule has 1 aliphatic heterocycles. The lowest BCUT2D eigenvalue weighted by atomic mass is 10.0. The summed E-state index contributed by atoms with van der Waals surface area (Å²) in [5, 5.41) is 3.06. The monoisotopic (exact) mass is 304 g/mol. The quantitative estimate of drug-likeness (QED) is 0.878. The lowest BCUT2D eigenvalue weighted by Gasteiger charge is -2.26. The zero-order chi connectivity index (χ0) is 15.9. The molecule has 22 heavy (non-hydrogen) atoms. The highest BCUT2D eigenvalue weighted by Crippen LogP contribution is 2.19. The van der Waals surface area contributed by atoms with Crippen molar-refractivity contribution in [2.75, 3.05) is 27.2 Å². The lowest BCUT2D eigenvalue weighted by Crippen LogP contribution is -2.36. The molecule has 1 fully saturated rings. The molecule has 0 radical (unpaired) electrons. The topological polar surface area (TPSA) is 41.6 Å². The molecule has 1 amide bonds. The van der Waals surface area contributed by atoms with Gasteiger partial charge in [0.25, 0.3) is 0 Å². The van der Waals surface area contributed by atoms with Crippen LogP contribution in [0.5, 0.6) is 0 Å². The molecule has 1 N–H and O–H groups in total. The van der Waals surface area contributed by atoms with Crippen LogP contribution in [0.4, 0.5) is 0 Å². The molecule has 0 bridgehead atoms. The van der Waals surface area contributed by atoms with Gasteiger partial charge in [-0.25, -0.2) is 0 Å². The highest BCUT2D eigenvalue weighted by molar-refractivity contribution is 5.76. The number of hydrogen-bond acceptors (Lipinski definition) is 3. The maximum atomic E-state index is 12.1. The van der Waals surface area contributed by atoms with E-state index in [1.54, 1.807) is 0 Å². The Hall–Kier alpha value is -1.39. The first-order chi connectivity index (χ1) is 10.6. The van der Waals surface area contributed by atoms with E-state index in [2.05, 4.69) is 41.4 Å². The van der Waals surface area contributed by atoms with Crippen molar-refractivity contribution >= 4 is 5.91 Å². The van der Waals surface area contributed by atoms with Gasteiger partial charge in [0, 0.05) is 13.2 Å². The van der Waals surface area contributed by atoms with Crippen molar-refractivity contribution in [1.29, 1.82) is 0 Å². The summed E-state index contributed by atoms with van der Waals surface area (Å²) in [4.78, 5) is 14.3. The van der Waals surface area contributed by atoms with E-state index in [4.69, 9.17) is 4.74 Å². The number of nitrogens with zero attached hydrogens (tertiary/aromatic N) is 1. The highest BCUT2D eigenvalue weighted by atomic mass is 16.5. The fourth-order valence-corrected chi connectivity index (χ4v) is 2.85. The van der Waals surface area contributed by atoms with Crippen LogP contribution >= 0.6 is 0 Å². The zero-order valence-corrected chi connectivity index (χ0v) is 14.0. The fourth-order valence-electron chi connectivity index (χ4n) is 2.85. The van der Waals surface area contributed by atoms with E-state index in [0.717, 1.165) is 19.4 Å². The van der Waals surface area contributed by atoms with Crippen LogP contribution in [0, 0.1) is 6.92 Å². The second kappa shape index (κ2) is 8.30. The molecule has 1 saturated heterocycles. The maximum absolute atomic E-state index is 12.1. The van der Waals surface area contributed by atoms with Crippen LogP contribution in [0.15, 0.2) is 24.3 Å². The highest BCUT2D eigenvalue weighted by Gasteiger charge is 2.19. The van der Waals surface area contributed by atoms with Gasteiger partial charge in [-0.2, -0.15) is 0 Å². The lowest BCUT2D eigenvalue weighted by molar-refractivity contribution is -0.125. The van der Waals surface area contributed by atoms with Crippen LogP contribution in [-0.2, 0) is 9.53 Å². The van der Waals surface area contributed by atoms with Crippen molar-refractivity contribution in [2.24, 2.45) is 0 Å². The predicted octanol–water partition coefficient (Wildman–Crippen LogP) is 2.67. The number of rotatable bonds is 6. The van der Waals surface area contributed by atoms with E-state index in [1.165, 1.54) is 17.5 Å². The van der Waals surface area contributed by atoms with Gasteiger partial charge in [-0.05, 0) is 45.8 Å². The van der Waals surface area contributed by atoms with Crippen molar-refractivity contribution in [3.63, 3.8) is 0 Å². The Labute approximate surface area is 133 Å². The van der Waals surface area contributed by atoms with Crippen molar-refractivity contribution in [3.05, 3.63) is 35.4 Å². The Morgan fingerprint density at radius 3 is 2.64 bits per heavy atom. The van der Waals surface area contributed by atoms with Crippen LogP contribution in [0.2, 0.25) is 0 Å². The third kappa shape index (κ3) is 5.11. The minimum absolute atomic E-state index is 0.0888. The molecule has 2 atom stereocenters. The average molecular weight is 304 g/mol. The van der Waals surface area contributed by atoms with E-state index in [-0.39, 0.29) is 18.1 Å². The molecule has 0 aromatic heterocycles. The van der Waals surface area contributed by atoms with Gasteiger partial charge in [-0.15, -0.1) is 0 Å². The van der Waals surface area contributed by atoms with E-state index < -0.39 is 0 Å². The summed E-state index contributed by atoms with van der Waals surface area (Å²) < 4.78 is 5.63. The molecule has 0 aliphatic carbocycles. The SMILES string of the molecule is Cc1ccc(C(CNC(=O)CC2CCCCO2)N(C)C)cc1. The normalized spacial score (nSPS) is 19.9. The summed E-state index contributed by atoms with van der Waals surface area (Å²) in [5.41, 5.74) is 2.48. The van der Waals surface area contributed by atoms with Crippen molar-refractivity contribution < 1.29 is 9.53 Å². The Balaban J connectivity index is 1.85. The number of likely N-dealkylation sites (N-methyl/N-ethyl adjacent to an activating group) is 1. The molecule has 2 rings (SSSR count). The van der Waals surface area contributed by atoms with Crippen molar-refractivity contribution in [2.45, 2.75) is 44.8 Å². The number of carbonyl (C=O) groups is 1. The van der Waals surface area contributed by atoms with Gasteiger partial charge in [0.15, 0.2) is 0 Å². The van der Waals surface area contributed by atoms with Gasteiger partial charge in [-0.3, -0.25) is 4.79 Å². The van der Waals surface area contributed by atoms with Gasteiger partial charge >= 0.3 is 0 Å². The minimum atomic E-state index is 0.0888. The smallest absolute Gasteiger partial charge is 0.222 e. The van der Waals surface area contributed by atoms with E-state index >= 15 is 0 Å². The largest absolute Gasteiger partial charge is 0.378 e. The minimum Gasteiger partial charge on any atom is -0.378 e. The second-order valence-corrected chi connectivity index (χ2v) is 6.39. The second-order valence-electron chi connectivity index (χ2n) is 6.39. The van der Waals surface area contributed by atoms with Crippen LogP contribution in [-0.4, -0.2) is 44.2 Å². The van der Waals surface area contributed by atoms with E-state index in [1.807, 2.05) is 14.1 Å². The van der Waals surface area contributed by atoms with Crippen LogP contribution < -0.4 is 5.32 Å². The first kappa shape index (κ1) is 17.0. The molecular formula is C18H28N2O2. The molecule has 4 nitrogen and oxygen atoms in total. The molecule has 0 saturated carbocycles. The first-order valence-corrected chi connectivity index (χ1v) is 8.17. The summed E-state index contributed by atoms with van der Waals surface area (Å²) in [5.74, 6) is 0.0888. The average Bonchev–Trinajstić information content (AvgIpc) is 2.50. The third-order valence-electron chi connectivity index (χ3n) is 4.27. The Morgan fingerprint density at radius 1 is 1.32 bits per heavy atom. The number of amides is 1. The molecule has 2 unspecified atom stereocenters. The number of aryl methyl sites for hydroxylation is 1. The molecule has 1 aromatic carbocycles. The van der Waals surface area contributed by atoms with Crippen molar-refractivity contribution in [1.82, 2.24) is 10.2 Å². The molecule has 0 spiro atoms. The van der Waals surface area contributed by atoms with Gasteiger partial charge in [0.2, 0.25) is 5.91 Å². The summed E-state index contributed by atoms with van der Waals surface area (Å²) in [6.07, 6.45) is 3.87. The maximum Gasteiger partial charge on any atom is 0.222 e. The van der Waals surface area contributed by atoms with Crippen molar-refractivity contribution in [3.8, 4) is 0 Å². The Bertz CT molecular complexity index is 464. The molecule has 1 heterocycles. The van der Waals surface area contributed by atoms with Gasteiger partial charge in [0.05, 0.1) is 18.6 Å². The Morgan fingerprint density at radius 2 is 2.05 bits per heavy atom. The number of benzene rings is 1. The third-order valence-corrected chi connectivity index (χ3v) is 4.27. The summed E-state index contributed by atoms with van der Waals surface area (Å²) in [6, 6.07) is 8.69. The fraction of sp³-hybridized carbons (Fsp3) is 0.611. The molecule has 4 heteroatoms. The molecule has 1 aromatic rings. The van der Waals surface area contributed by atoms with E-state index in [9.17, 15) is 4.79 Å². The summed E-state index contributed by atoms with van der Waals surface area (Å²) in [6.45, 7) is 3.50. The van der Waals surface area contributed by atoms with E-state index in [0.29, 0.717) is 13.0 Å². The number of ether oxygens (including phenoxy) is 1. The van der Waals surface area contributed by atoms with Gasteiger partial charge < -0.3 is 15.0 Å². The molecular weight excluding hydrogens is 276 g/mol. The first-order valence-electron chi connectivity index (χ1n) is 8.17. The Kier molecular flexibility index (Phi) is 6.40. The zero-order valence-electron chi connectivity index (χ0n) is 14.0. The number of nitrogens with one attached hydrogen (secondary N) is 1. The van der Waals surface area contributed by atoms with Crippen LogP contribution in [0.1, 0.15) is 42.9 Å².